The largest absolute Gasteiger partial charge is 0.319 e. The maximum atomic E-state index is 12.7. The number of nitrogens with one attached hydrogen (secondary N) is 1. The molecular formula is C23H20N4O. The molecule has 0 aliphatic heterocycles. The third kappa shape index (κ3) is 3.55. The van der Waals surface area contributed by atoms with Gasteiger partial charge in [-0.3, -0.25) is 4.79 Å². The number of anilines is 1. The van der Waals surface area contributed by atoms with Crippen LogP contribution in [0.2, 0.25) is 0 Å². The van der Waals surface area contributed by atoms with E-state index in [1.807, 2.05) is 80.6 Å². The Hall–Kier alpha value is -3.73. The third-order valence-electron chi connectivity index (χ3n) is 4.47. The van der Waals surface area contributed by atoms with Crippen molar-refractivity contribution in [3.8, 4) is 17.1 Å². The van der Waals surface area contributed by atoms with Crippen molar-refractivity contribution in [1.82, 2.24) is 14.8 Å². The summed E-state index contributed by atoms with van der Waals surface area (Å²) in [6.45, 7) is 4.06. The van der Waals surface area contributed by atoms with Crippen molar-refractivity contribution < 1.29 is 4.79 Å². The van der Waals surface area contributed by atoms with E-state index in [0.29, 0.717) is 11.5 Å². The van der Waals surface area contributed by atoms with Crippen molar-refractivity contribution in [2.45, 2.75) is 13.8 Å². The molecule has 5 heteroatoms. The van der Waals surface area contributed by atoms with Crippen molar-refractivity contribution in [3.63, 3.8) is 0 Å². The number of hydrogen-bond donors (Lipinski definition) is 1. The molecule has 1 heterocycles. The van der Waals surface area contributed by atoms with Crippen LogP contribution in [0.25, 0.3) is 17.1 Å². The van der Waals surface area contributed by atoms with Crippen molar-refractivity contribution in [3.05, 3.63) is 95.8 Å². The average molecular weight is 368 g/mol. The second kappa shape index (κ2) is 7.48. The van der Waals surface area contributed by atoms with Crippen LogP contribution in [0, 0.1) is 13.8 Å². The number of aryl methyl sites for hydroxylation is 2. The number of para-hydroxylation sites is 1. The summed E-state index contributed by atoms with van der Waals surface area (Å²) in [7, 11) is 0. The predicted octanol–water partition coefficient (Wildman–Crippen LogP) is 4.80. The molecule has 1 aromatic heterocycles. The maximum absolute atomic E-state index is 12.7. The average Bonchev–Trinajstić information content (AvgIpc) is 3.17. The number of carbonyl (C=O) groups is 1. The van der Waals surface area contributed by atoms with Gasteiger partial charge >= 0.3 is 0 Å². The van der Waals surface area contributed by atoms with E-state index in [2.05, 4.69) is 27.5 Å². The molecule has 138 valence electrons. The lowest BCUT2D eigenvalue weighted by Crippen LogP contribution is -2.14. The second-order valence-corrected chi connectivity index (χ2v) is 6.65. The van der Waals surface area contributed by atoms with E-state index in [4.69, 9.17) is 0 Å². The van der Waals surface area contributed by atoms with E-state index >= 15 is 0 Å². The summed E-state index contributed by atoms with van der Waals surface area (Å²) in [5.41, 5.74) is 4.68. The second-order valence-electron chi connectivity index (χ2n) is 6.65. The maximum Gasteiger partial charge on any atom is 0.295 e. The van der Waals surface area contributed by atoms with Crippen LogP contribution >= 0.6 is 0 Å². The minimum Gasteiger partial charge on any atom is -0.319 e. The smallest absolute Gasteiger partial charge is 0.295 e. The molecule has 0 saturated heterocycles. The van der Waals surface area contributed by atoms with Crippen LogP contribution in [0.5, 0.6) is 0 Å². The SMILES string of the molecule is Cc1ccc(C)c(-n2nc(C(=O)Nc3ccccc3)nc2-c2ccccc2)c1. The van der Waals surface area contributed by atoms with Gasteiger partial charge in [0.1, 0.15) is 0 Å². The Kier molecular flexibility index (Phi) is 4.72. The number of amides is 1. The molecule has 0 saturated carbocycles. The van der Waals surface area contributed by atoms with Gasteiger partial charge in [-0.1, -0.05) is 60.7 Å². The Labute approximate surface area is 163 Å². The van der Waals surface area contributed by atoms with E-state index in [9.17, 15) is 4.79 Å². The van der Waals surface area contributed by atoms with Gasteiger partial charge in [0.05, 0.1) is 5.69 Å². The molecule has 0 unspecified atom stereocenters. The fourth-order valence-corrected chi connectivity index (χ4v) is 3.01. The summed E-state index contributed by atoms with van der Waals surface area (Å²) in [6.07, 6.45) is 0. The van der Waals surface area contributed by atoms with Gasteiger partial charge in [0.2, 0.25) is 5.82 Å². The summed E-state index contributed by atoms with van der Waals surface area (Å²) in [6, 6.07) is 25.2. The van der Waals surface area contributed by atoms with Crippen molar-refractivity contribution in [1.29, 1.82) is 0 Å². The van der Waals surface area contributed by atoms with E-state index in [-0.39, 0.29) is 11.7 Å². The molecule has 0 aliphatic carbocycles. The highest BCUT2D eigenvalue weighted by molar-refractivity contribution is 6.01. The first-order chi connectivity index (χ1) is 13.6. The highest BCUT2D eigenvalue weighted by atomic mass is 16.2. The molecule has 0 atom stereocenters. The molecule has 4 aromatic rings. The van der Waals surface area contributed by atoms with E-state index in [0.717, 1.165) is 22.4 Å². The molecule has 1 amide bonds. The highest BCUT2D eigenvalue weighted by Crippen LogP contribution is 2.24. The van der Waals surface area contributed by atoms with Gasteiger partial charge in [-0.15, -0.1) is 5.10 Å². The Morgan fingerprint density at radius 3 is 2.29 bits per heavy atom. The quantitative estimate of drug-likeness (QED) is 0.563. The number of benzene rings is 3. The van der Waals surface area contributed by atoms with E-state index in [1.54, 1.807) is 4.68 Å². The van der Waals surface area contributed by atoms with Gasteiger partial charge in [-0.2, -0.15) is 0 Å². The fourth-order valence-electron chi connectivity index (χ4n) is 3.01. The molecule has 4 rings (SSSR count). The molecule has 0 radical (unpaired) electrons. The number of nitrogens with zero attached hydrogens (tertiary/aromatic N) is 3. The molecule has 1 N–H and O–H groups in total. The molecular weight excluding hydrogens is 348 g/mol. The fraction of sp³-hybridized carbons (Fsp3) is 0.0870. The number of carbonyl (C=O) groups excluding carboxylic acids is 1. The lowest BCUT2D eigenvalue weighted by Gasteiger charge is -2.10. The van der Waals surface area contributed by atoms with Crippen LogP contribution in [-0.2, 0) is 0 Å². The van der Waals surface area contributed by atoms with Gasteiger partial charge in [0, 0.05) is 11.3 Å². The van der Waals surface area contributed by atoms with Crippen LogP contribution in [-0.4, -0.2) is 20.7 Å². The monoisotopic (exact) mass is 368 g/mol. The zero-order valence-corrected chi connectivity index (χ0v) is 15.8. The Morgan fingerprint density at radius 2 is 1.57 bits per heavy atom. The standard InChI is InChI=1S/C23H20N4O/c1-16-13-14-17(2)20(15-16)27-22(18-9-5-3-6-10-18)25-21(26-27)23(28)24-19-11-7-4-8-12-19/h3-15H,1-2H3,(H,24,28). The molecule has 0 aliphatic rings. The van der Waals surface area contributed by atoms with E-state index < -0.39 is 0 Å². The number of rotatable bonds is 4. The molecule has 0 bridgehead atoms. The first-order valence-corrected chi connectivity index (χ1v) is 9.08. The van der Waals surface area contributed by atoms with Crippen LogP contribution in [0.1, 0.15) is 21.7 Å². The zero-order valence-electron chi connectivity index (χ0n) is 15.8. The first kappa shape index (κ1) is 17.7. The summed E-state index contributed by atoms with van der Waals surface area (Å²) in [5.74, 6) is 0.420. The van der Waals surface area contributed by atoms with Gasteiger partial charge in [0.15, 0.2) is 5.82 Å². The zero-order chi connectivity index (χ0) is 19.5. The topological polar surface area (TPSA) is 59.8 Å². The van der Waals surface area contributed by atoms with Crippen LogP contribution in [0.3, 0.4) is 0 Å². The van der Waals surface area contributed by atoms with Crippen molar-refractivity contribution in [2.24, 2.45) is 0 Å². The van der Waals surface area contributed by atoms with E-state index in [1.165, 1.54) is 0 Å². The number of aromatic nitrogens is 3. The van der Waals surface area contributed by atoms with Gasteiger partial charge in [-0.05, 0) is 43.2 Å². The van der Waals surface area contributed by atoms with Gasteiger partial charge in [0.25, 0.3) is 5.91 Å². The summed E-state index contributed by atoms with van der Waals surface area (Å²) in [4.78, 5) is 17.3. The molecule has 3 aromatic carbocycles. The lowest BCUT2D eigenvalue weighted by atomic mass is 10.1. The van der Waals surface area contributed by atoms with Crippen LogP contribution in [0.4, 0.5) is 5.69 Å². The minimum absolute atomic E-state index is 0.128. The molecule has 5 nitrogen and oxygen atoms in total. The summed E-state index contributed by atoms with van der Waals surface area (Å²) < 4.78 is 1.75. The minimum atomic E-state index is -0.340. The highest BCUT2D eigenvalue weighted by Gasteiger charge is 2.19. The Bertz CT molecular complexity index is 1120. The Morgan fingerprint density at radius 1 is 0.893 bits per heavy atom. The predicted molar refractivity (Wildman–Crippen MR) is 111 cm³/mol. The van der Waals surface area contributed by atoms with Crippen LogP contribution in [0.15, 0.2) is 78.9 Å². The molecule has 0 spiro atoms. The normalized spacial score (nSPS) is 10.6. The van der Waals surface area contributed by atoms with Gasteiger partial charge < -0.3 is 5.32 Å². The Balaban J connectivity index is 1.81. The van der Waals surface area contributed by atoms with Crippen molar-refractivity contribution >= 4 is 11.6 Å². The number of hydrogen-bond acceptors (Lipinski definition) is 3. The molecule has 0 fully saturated rings. The summed E-state index contributed by atoms with van der Waals surface area (Å²) in [5, 5.41) is 7.40. The first-order valence-electron chi connectivity index (χ1n) is 9.08. The summed E-state index contributed by atoms with van der Waals surface area (Å²) >= 11 is 0. The lowest BCUT2D eigenvalue weighted by molar-refractivity contribution is 0.101. The molecule has 28 heavy (non-hydrogen) atoms. The van der Waals surface area contributed by atoms with Gasteiger partial charge in [-0.25, -0.2) is 9.67 Å². The third-order valence-corrected chi connectivity index (χ3v) is 4.47. The van der Waals surface area contributed by atoms with Crippen LogP contribution < -0.4 is 5.32 Å². The van der Waals surface area contributed by atoms with Crippen molar-refractivity contribution in [2.75, 3.05) is 5.32 Å².